The lowest BCUT2D eigenvalue weighted by atomic mass is 10.1. The van der Waals surface area contributed by atoms with E-state index in [2.05, 4.69) is 15.9 Å². The standard InChI is InChI=1S/C14H13BrFN3/c1-19(13-5-3-2-4-11(13)16)12-7-6-9(14(17)18)8-10(12)15/h2-8H,1H3,(H3,17,18). The van der Waals surface area contributed by atoms with Crippen molar-refractivity contribution in [3.05, 3.63) is 58.3 Å². The minimum Gasteiger partial charge on any atom is -0.384 e. The van der Waals surface area contributed by atoms with E-state index in [0.29, 0.717) is 11.3 Å². The van der Waals surface area contributed by atoms with E-state index in [1.165, 1.54) is 6.07 Å². The minimum absolute atomic E-state index is 0.000736. The molecule has 0 saturated heterocycles. The molecule has 0 atom stereocenters. The first-order chi connectivity index (χ1) is 9.00. The monoisotopic (exact) mass is 321 g/mol. The average molecular weight is 322 g/mol. The van der Waals surface area contributed by atoms with Crippen molar-refractivity contribution in [2.75, 3.05) is 11.9 Å². The Morgan fingerprint density at radius 2 is 1.89 bits per heavy atom. The van der Waals surface area contributed by atoms with Crippen molar-refractivity contribution in [2.24, 2.45) is 5.73 Å². The maximum absolute atomic E-state index is 13.8. The van der Waals surface area contributed by atoms with Crippen molar-refractivity contribution in [2.45, 2.75) is 0 Å². The lowest BCUT2D eigenvalue weighted by Crippen LogP contribution is -2.14. The van der Waals surface area contributed by atoms with E-state index in [4.69, 9.17) is 11.1 Å². The topological polar surface area (TPSA) is 53.1 Å². The molecule has 0 fully saturated rings. The number of rotatable bonds is 3. The van der Waals surface area contributed by atoms with Gasteiger partial charge in [0, 0.05) is 17.1 Å². The summed E-state index contributed by atoms with van der Waals surface area (Å²) in [6, 6.07) is 11.8. The van der Waals surface area contributed by atoms with Crippen LogP contribution in [0, 0.1) is 11.2 Å². The number of hydrogen-bond acceptors (Lipinski definition) is 2. The Morgan fingerprint density at radius 1 is 1.21 bits per heavy atom. The van der Waals surface area contributed by atoms with Crippen LogP contribution in [0.25, 0.3) is 0 Å². The van der Waals surface area contributed by atoms with Crippen molar-refractivity contribution in [3.63, 3.8) is 0 Å². The van der Waals surface area contributed by atoms with E-state index >= 15 is 0 Å². The second kappa shape index (κ2) is 5.40. The highest BCUT2D eigenvalue weighted by Crippen LogP contribution is 2.32. The molecule has 5 heteroatoms. The summed E-state index contributed by atoms with van der Waals surface area (Å²) in [4.78, 5) is 1.74. The molecule has 0 aromatic heterocycles. The first-order valence-electron chi connectivity index (χ1n) is 5.63. The van der Waals surface area contributed by atoms with Gasteiger partial charge in [0.2, 0.25) is 0 Å². The molecular weight excluding hydrogens is 309 g/mol. The summed E-state index contributed by atoms with van der Waals surface area (Å²) in [5.74, 6) is -0.284. The normalized spacial score (nSPS) is 10.3. The predicted molar refractivity (Wildman–Crippen MR) is 79.6 cm³/mol. The predicted octanol–water partition coefficient (Wildman–Crippen LogP) is 3.64. The molecule has 0 bridgehead atoms. The molecule has 0 aliphatic heterocycles. The molecule has 0 saturated carbocycles. The number of nitrogen functional groups attached to an aromatic ring is 1. The van der Waals surface area contributed by atoms with Crippen molar-refractivity contribution < 1.29 is 4.39 Å². The Kier molecular flexibility index (Phi) is 3.85. The van der Waals surface area contributed by atoms with Gasteiger partial charge in [-0.3, -0.25) is 5.41 Å². The third kappa shape index (κ3) is 2.76. The number of nitrogens with one attached hydrogen (secondary N) is 1. The molecule has 0 heterocycles. The van der Waals surface area contributed by atoms with Crippen LogP contribution in [0.2, 0.25) is 0 Å². The van der Waals surface area contributed by atoms with Gasteiger partial charge in [0.05, 0.1) is 11.4 Å². The third-order valence-corrected chi connectivity index (χ3v) is 3.47. The molecule has 0 spiro atoms. The van der Waals surface area contributed by atoms with Crippen LogP contribution in [0.1, 0.15) is 5.56 Å². The first-order valence-corrected chi connectivity index (χ1v) is 6.42. The number of para-hydroxylation sites is 1. The molecular formula is C14H13BrFN3. The molecule has 0 amide bonds. The summed E-state index contributed by atoms with van der Waals surface area (Å²) in [7, 11) is 1.78. The molecule has 2 aromatic carbocycles. The van der Waals surface area contributed by atoms with Crippen LogP contribution in [0.5, 0.6) is 0 Å². The van der Waals surface area contributed by atoms with E-state index < -0.39 is 0 Å². The summed E-state index contributed by atoms with van der Waals surface area (Å²) in [6.07, 6.45) is 0. The van der Waals surface area contributed by atoms with Crippen molar-refractivity contribution in [1.82, 2.24) is 0 Å². The number of anilines is 2. The zero-order valence-corrected chi connectivity index (χ0v) is 11.9. The van der Waals surface area contributed by atoms with Crippen LogP contribution in [0.3, 0.4) is 0 Å². The van der Waals surface area contributed by atoms with Crippen LogP contribution >= 0.6 is 15.9 Å². The first kappa shape index (κ1) is 13.5. The molecule has 3 nitrogen and oxygen atoms in total. The van der Waals surface area contributed by atoms with Crippen molar-refractivity contribution >= 4 is 33.1 Å². The van der Waals surface area contributed by atoms with Crippen molar-refractivity contribution in [3.8, 4) is 0 Å². The summed E-state index contributed by atoms with van der Waals surface area (Å²) in [5.41, 5.74) is 7.34. The number of nitrogens with zero attached hydrogens (tertiary/aromatic N) is 1. The van der Waals surface area contributed by atoms with Gasteiger partial charge in [0.25, 0.3) is 0 Å². The molecule has 0 radical (unpaired) electrons. The van der Waals surface area contributed by atoms with Gasteiger partial charge in [-0.25, -0.2) is 4.39 Å². The highest BCUT2D eigenvalue weighted by Gasteiger charge is 2.12. The molecule has 98 valence electrons. The number of nitrogens with two attached hydrogens (primary N) is 1. The Morgan fingerprint density at radius 3 is 2.47 bits per heavy atom. The fourth-order valence-electron chi connectivity index (χ4n) is 1.80. The Balaban J connectivity index is 2.42. The molecule has 0 unspecified atom stereocenters. The van der Waals surface area contributed by atoms with Gasteiger partial charge in [-0.2, -0.15) is 0 Å². The zero-order valence-electron chi connectivity index (χ0n) is 10.3. The van der Waals surface area contributed by atoms with Gasteiger partial charge >= 0.3 is 0 Å². The second-order valence-electron chi connectivity index (χ2n) is 4.09. The second-order valence-corrected chi connectivity index (χ2v) is 4.94. The van der Waals surface area contributed by atoms with Gasteiger partial charge in [-0.05, 0) is 46.3 Å². The summed E-state index contributed by atoms with van der Waals surface area (Å²) in [5, 5.41) is 7.39. The highest BCUT2D eigenvalue weighted by atomic mass is 79.9. The quantitative estimate of drug-likeness (QED) is 0.669. The van der Waals surface area contributed by atoms with Gasteiger partial charge < -0.3 is 10.6 Å². The number of halogens is 2. The van der Waals surface area contributed by atoms with Gasteiger partial charge in [-0.1, -0.05) is 12.1 Å². The van der Waals surface area contributed by atoms with Crippen LogP contribution in [0.15, 0.2) is 46.9 Å². The highest BCUT2D eigenvalue weighted by molar-refractivity contribution is 9.10. The Labute approximate surface area is 119 Å². The fourth-order valence-corrected chi connectivity index (χ4v) is 2.44. The van der Waals surface area contributed by atoms with E-state index in [1.54, 1.807) is 48.3 Å². The lowest BCUT2D eigenvalue weighted by molar-refractivity contribution is 0.627. The Bertz CT molecular complexity index is 628. The van der Waals surface area contributed by atoms with E-state index in [0.717, 1.165) is 10.2 Å². The summed E-state index contributed by atoms with van der Waals surface area (Å²) in [6.45, 7) is 0. The molecule has 0 aliphatic rings. The van der Waals surface area contributed by atoms with Gasteiger partial charge in [0.1, 0.15) is 11.7 Å². The number of benzene rings is 2. The van der Waals surface area contributed by atoms with Crippen LogP contribution in [-0.2, 0) is 0 Å². The Hall–Kier alpha value is -1.88. The fraction of sp³-hybridized carbons (Fsp3) is 0.0714. The van der Waals surface area contributed by atoms with E-state index in [1.807, 2.05) is 0 Å². The smallest absolute Gasteiger partial charge is 0.146 e. The SMILES string of the molecule is CN(c1ccccc1F)c1ccc(C(=N)N)cc1Br. The van der Waals surface area contributed by atoms with E-state index in [-0.39, 0.29) is 11.7 Å². The molecule has 19 heavy (non-hydrogen) atoms. The molecule has 0 aliphatic carbocycles. The number of hydrogen-bond donors (Lipinski definition) is 2. The molecule has 2 rings (SSSR count). The average Bonchev–Trinajstić information content (AvgIpc) is 2.38. The molecule has 3 N–H and O–H groups in total. The largest absolute Gasteiger partial charge is 0.384 e. The van der Waals surface area contributed by atoms with Gasteiger partial charge in [0.15, 0.2) is 0 Å². The number of amidine groups is 1. The van der Waals surface area contributed by atoms with E-state index in [9.17, 15) is 4.39 Å². The maximum Gasteiger partial charge on any atom is 0.146 e. The lowest BCUT2D eigenvalue weighted by Gasteiger charge is -2.21. The van der Waals surface area contributed by atoms with Crippen molar-refractivity contribution in [1.29, 1.82) is 5.41 Å². The van der Waals surface area contributed by atoms with Gasteiger partial charge in [-0.15, -0.1) is 0 Å². The van der Waals surface area contributed by atoms with Crippen LogP contribution in [0.4, 0.5) is 15.8 Å². The van der Waals surface area contributed by atoms with Crippen LogP contribution < -0.4 is 10.6 Å². The summed E-state index contributed by atoms with van der Waals surface area (Å²) >= 11 is 3.42. The third-order valence-electron chi connectivity index (χ3n) is 2.83. The minimum atomic E-state index is -0.285. The zero-order chi connectivity index (χ0) is 14.0. The van der Waals surface area contributed by atoms with Crippen LogP contribution in [-0.4, -0.2) is 12.9 Å². The summed E-state index contributed by atoms with van der Waals surface area (Å²) < 4.78 is 14.5. The molecule has 2 aromatic rings. The maximum atomic E-state index is 13.8.